The number of hydrogen-bond acceptors (Lipinski definition) is 2. The molecule has 4 unspecified atom stereocenters. The van der Waals surface area contributed by atoms with Gasteiger partial charge in [-0.3, -0.25) is 4.79 Å². The van der Waals surface area contributed by atoms with Crippen molar-refractivity contribution in [1.82, 2.24) is 4.90 Å². The molecule has 0 aromatic rings. The van der Waals surface area contributed by atoms with Gasteiger partial charge in [0.25, 0.3) is 0 Å². The Morgan fingerprint density at radius 1 is 1.00 bits per heavy atom. The number of nitrogens with two attached hydrogens (primary N) is 1. The van der Waals surface area contributed by atoms with Gasteiger partial charge in [0, 0.05) is 19.1 Å². The second kappa shape index (κ2) is 8.17. The molecule has 122 valence electrons. The summed E-state index contributed by atoms with van der Waals surface area (Å²) in [7, 11) is 0. The van der Waals surface area contributed by atoms with Gasteiger partial charge < -0.3 is 10.6 Å². The first-order valence-corrected chi connectivity index (χ1v) is 9.23. The van der Waals surface area contributed by atoms with Crippen LogP contribution in [0.15, 0.2) is 0 Å². The number of fused-ring (bicyclic) bond motifs is 2. The van der Waals surface area contributed by atoms with Crippen LogP contribution in [-0.2, 0) is 4.79 Å². The fraction of sp³-hybridized carbons (Fsp3) is 0.944. The summed E-state index contributed by atoms with van der Waals surface area (Å²) in [6.45, 7) is 6.32. The van der Waals surface area contributed by atoms with Crippen molar-refractivity contribution in [1.29, 1.82) is 0 Å². The molecule has 3 nitrogen and oxygen atoms in total. The summed E-state index contributed by atoms with van der Waals surface area (Å²) in [6, 6.07) is 0.135. The predicted molar refractivity (Wildman–Crippen MR) is 87.9 cm³/mol. The maximum absolute atomic E-state index is 13.0. The molecule has 4 atom stereocenters. The first kappa shape index (κ1) is 16.8. The summed E-state index contributed by atoms with van der Waals surface area (Å²) >= 11 is 0. The maximum atomic E-state index is 13.0. The number of carbonyl (C=O) groups is 1. The molecule has 2 rings (SSSR count). The molecule has 3 heteroatoms. The lowest BCUT2D eigenvalue weighted by atomic mass is 9.84. The zero-order valence-electron chi connectivity index (χ0n) is 14.0. The first-order valence-electron chi connectivity index (χ1n) is 9.23. The SMILES string of the molecule is CCCCCN(CCCCC)C(=O)C1C2CCC(C2)C1N. The van der Waals surface area contributed by atoms with E-state index >= 15 is 0 Å². The van der Waals surface area contributed by atoms with Crippen LogP contribution in [0.2, 0.25) is 0 Å². The maximum Gasteiger partial charge on any atom is 0.227 e. The number of nitrogens with zero attached hydrogens (tertiary/aromatic N) is 1. The third kappa shape index (κ3) is 4.00. The third-order valence-corrected chi connectivity index (χ3v) is 5.64. The van der Waals surface area contributed by atoms with Crippen LogP contribution in [0.1, 0.15) is 71.6 Å². The van der Waals surface area contributed by atoms with Gasteiger partial charge in [-0.1, -0.05) is 39.5 Å². The van der Waals surface area contributed by atoms with Crippen molar-refractivity contribution in [2.45, 2.75) is 77.7 Å². The van der Waals surface area contributed by atoms with Crippen molar-refractivity contribution >= 4 is 5.91 Å². The molecule has 0 aliphatic heterocycles. The lowest BCUT2D eigenvalue weighted by Crippen LogP contribution is -2.47. The molecule has 2 N–H and O–H groups in total. The Bertz CT molecular complexity index is 319. The van der Waals surface area contributed by atoms with E-state index in [0.717, 1.165) is 25.9 Å². The zero-order chi connectivity index (χ0) is 15.2. The zero-order valence-corrected chi connectivity index (χ0v) is 14.0. The highest BCUT2D eigenvalue weighted by Gasteiger charge is 2.49. The molecule has 21 heavy (non-hydrogen) atoms. The number of unbranched alkanes of at least 4 members (excludes halogenated alkanes) is 4. The summed E-state index contributed by atoms with van der Waals surface area (Å²) in [5, 5.41) is 0. The molecule has 0 heterocycles. The normalized spacial score (nSPS) is 30.8. The highest BCUT2D eigenvalue weighted by molar-refractivity contribution is 5.80. The Labute approximate surface area is 130 Å². The average Bonchev–Trinajstić information content (AvgIpc) is 3.06. The van der Waals surface area contributed by atoms with Gasteiger partial charge in [-0.15, -0.1) is 0 Å². The van der Waals surface area contributed by atoms with Crippen molar-refractivity contribution in [3.05, 3.63) is 0 Å². The fourth-order valence-electron chi connectivity index (χ4n) is 4.35. The van der Waals surface area contributed by atoms with E-state index in [1.54, 1.807) is 0 Å². The molecule has 0 aromatic heterocycles. The molecule has 0 spiro atoms. The van der Waals surface area contributed by atoms with Gasteiger partial charge >= 0.3 is 0 Å². The number of amides is 1. The van der Waals surface area contributed by atoms with Crippen LogP contribution in [0.4, 0.5) is 0 Å². The Morgan fingerprint density at radius 2 is 1.57 bits per heavy atom. The molecule has 0 radical (unpaired) electrons. The van der Waals surface area contributed by atoms with Gasteiger partial charge in [-0.05, 0) is 43.9 Å². The number of rotatable bonds is 9. The van der Waals surface area contributed by atoms with Crippen LogP contribution in [0.5, 0.6) is 0 Å². The lowest BCUT2D eigenvalue weighted by Gasteiger charge is -2.33. The van der Waals surface area contributed by atoms with Gasteiger partial charge in [-0.25, -0.2) is 0 Å². The minimum absolute atomic E-state index is 0.131. The monoisotopic (exact) mass is 294 g/mol. The molecule has 2 bridgehead atoms. The standard InChI is InChI=1S/C18H34N2O/c1-3-5-7-11-20(12-8-6-4-2)18(21)16-14-9-10-15(13-14)17(16)19/h14-17H,3-13,19H2,1-2H3. The van der Waals surface area contributed by atoms with E-state index in [1.165, 1.54) is 44.9 Å². The molecule has 2 saturated carbocycles. The molecule has 2 aliphatic rings. The predicted octanol–water partition coefficient (Wildman–Crippen LogP) is 3.57. The largest absolute Gasteiger partial charge is 0.342 e. The van der Waals surface area contributed by atoms with Crippen LogP contribution in [0.25, 0.3) is 0 Å². The Hall–Kier alpha value is -0.570. The first-order chi connectivity index (χ1) is 10.2. The fourth-order valence-corrected chi connectivity index (χ4v) is 4.35. The molecule has 2 fully saturated rings. The van der Waals surface area contributed by atoms with E-state index in [0.29, 0.717) is 17.7 Å². The summed E-state index contributed by atoms with van der Waals surface area (Å²) in [5.41, 5.74) is 6.37. The summed E-state index contributed by atoms with van der Waals surface area (Å²) in [4.78, 5) is 15.1. The minimum atomic E-state index is 0.131. The molecular formula is C18H34N2O. The quantitative estimate of drug-likeness (QED) is 0.661. The van der Waals surface area contributed by atoms with Crippen LogP contribution in [0, 0.1) is 17.8 Å². The topological polar surface area (TPSA) is 46.3 Å². The van der Waals surface area contributed by atoms with Gasteiger partial charge in [0.1, 0.15) is 0 Å². The van der Waals surface area contributed by atoms with Crippen molar-refractivity contribution in [2.75, 3.05) is 13.1 Å². The van der Waals surface area contributed by atoms with E-state index in [9.17, 15) is 4.79 Å². The average molecular weight is 294 g/mol. The minimum Gasteiger partial charge on any atom is -0.342 e. The van der Waals surface area contributed by atoms with Crippen LogP contribution in [0.3, 0.4) is 0 Å². The Kier molecular flexibility index (Phi) is 6.53. The molecule has 0 aromatic carbocycles. The molecule has 0 saturated heterocycles. The Morgan fingerprint density at radius 3 is 2.05 bits per heavy atom. The summed E-state index contributed by atoms with van der Waals surface area (Å²) in [5.74, 6) is 1.71. The molecule has 1 amide bonds. The van der Waals surface area contributed by atoms with Gasteiger partial charge in [-0.2, -0.15) is 0 Å². The van der Waals surface area contributed by atoms with Crippen molar-refractivity contribution in [2.24, 2.45) is 23.5 Å². The summed E-state index contributed by atoms with van der Waals surface area (Å²) in [6.07, 6.45) is 10.8. The summed E-state index contributed by atoms with van der Waals surface area (Å²) < 4.78 is 0. The number of hydrogen-bond donors (Lipinski definition) is 1. The van der Waals surface area contributed by atoms with E-state index in [2.05, 4.69) is 18.7 Å². The smallest absolute Gasteiger partial charge is 0.227 e. The van der Waals surface area contributed by atoms with Crippen LogP contribution in [-0.4, -0.2) is 29.9 Å². The van der Waals surface area contributed by atoms with E-state index in [4.69, 9.17) is 5.73 Å². The van der Waals surface area contributed by atoms with Crippen molar-refractivity contribution in [3.8, 4) is 0 Å². The van der Waals surface area contributed by atoms with Gasteiger partial charge in [0.2, 0.25) is 5.91 Å². The van der Waals surface area contributed by atoms with Crippen molar-refractivity contribution in [3.63, 3.8) is 0 Å². The van der Waals surface area contributed by atoms with E-state index < -0.39 is 0 Å². The Balaban J connectivity index is 1.92. The molecular weight excluding hydrogens is 260 g/mol. The van der Waals surface area contributed by atoms with E-state index in [-0.39, 0.29) is 12.0 Å². The second-order valence-corrected chi connectivity index (χ2v) is 7.18. The van der Waals surface area contributed by atoms with Gasteiger partial charge in [0.05, 0.1) is 5.92 Å². The van der Waals surface area contributed by atoms with E-state index in [1.807, 2.05) is 0 Å². The lowest BCUT2D eigenvalue weighted by molar-refractivity contribution is -0.138. The number of carbonyl (C=O) groups excluding carboxylic acids is 1. The van der Waals surface area contributed by atoms with Crippen molar-refractivity contribution < 1.29 is 4.79 Å². The highest BCUT2D eigenvalue weighted by atomic mass is 16.2. The third-order valence-electron chi connectivity index (χ3n) is 5.64. The molecule has 2 aliphatic carbocycles. The van der Waals surface area contributed by atoms with Crippen LogP contribution >= 0.6 is 0 Å². The van der Waals surface area contributed by atoms with Crippen LogP contribution < -0.4 is 5.73 Å². The highest BCUT2D eigenvalue weighted by Crippen LogP contribution is 2.48. The van der Waals surface area contributed by atoms with Gasteiger partial charge in [0.15, 0.2) is 0 Å². The second-order valence-electron chi connectivity index (χ2n) is 7.18.